The van der Waals surface area contributed by atoms with Gasteiger partial charge in [0, 0.05) is 11.8 Å². The first kappa shape index (κ1) is 23.1. The fraction of sp³-hybridized carbons (Fsp3) is 1.00. The number of aliphatic hydroxyl groups is 1. The minimum Gasteiger partial charge on any atom is -0.371 e. The van der Waals surface area contributed by atoms with E-state index in [2.05, 4.69) is 0 Å². The number of hydrogen-bond donors (Lipinski definition) is 1. The molecule has 0 aromatic heterocycles. The van der Waals surface area contributed by atoms with Gasteiger partial charge in [-0.05, 0) is 0 Å². The Morgan fingerprint density at radius 3 is 1.38 bits per heavy atom. The summed E-state index contributed by atoms with van der Waals surface area (Å²) >= 11 is 0. The van der Waals surface area contributed by atoms with Crippen molar-refractivity contribution in [1.82, 2.24) is 0 Å². The standard InChI is InChI=1S/C12H11F13O/c1-4-5(2)7(15,16)8(17,10(18,19)6(4,14)3-13)9(26,11(20,21)22)12(23,24)25/h4-5,26H,3H2,1-2H3. The molecule has 0 radical (unpaired) electrons. The molecule has 0 aromatic rings. The summed E-state index contributed by atoms with van der Waals surface area (Å²) in [5, 5.41) is 8.90. The highest BCUT2D eigenvalue weighted by molar-refractivity contribution is 5.30. The Balaban J connectivity index is 4.10. The van der Waals surface area contributed by atoms with Crippen LogP contribution in [0.4, 0.5) is 57.1 Å². The van der Waals surface area contributed by atoms with Crippen molar-refractivity contribution < 1.29 is 62.2 Å². The molecular formula is C12H11F13O. The van der Waals surface area contributed by atoms with E-state index in [1.807, 2.05) is 0 Å². The summed E-state index contributed by atoms with van der Waals surface area (Å²) in [5.74, 6) is -19.4. The van der Waals surface area contributed by atoms with Crippen LogP contribution in [0.5, 0.6) is 0 Å². The number of alkyl halides is 13. The van der Waals surface area contributed by atoms with E-state index < -0.39 is 59.6 Å². The fourth-order valence-corrected chi connectivity index (χ4v) is 3.03. The molecule has 1 nitrogen and oxygen atoms in total. The Morgan fingerprint density at radius 2 is 1.12 bits per heavy atom. The second-order valence-corrected chi connectivity index (χ2v) is 6.14. The molecule has 1 aliphatic carbocycles. The van der Waals surface area contributed by atoms with Gasteiger partial charge in [-0.3, -0.25) is 0 Å². The van der Waals surface area contributed by atoms with E-state index >= 15 is 0 Å². The number of rotatable bonds is 2. The molecular weight excluding hydrogens is 407 g/mol. The molecule has 1 fully saturated rings. The summed E-state index contributed by atoms with van der Waals surface area (Å²) in [6.45, 7) is -2.98. The molecule has 4 unspecified atom stereocenters. The largest absolute Gasteiger partial charge is 0.430 e. The number of hydrogen-bond acceptors (Lipinski definition) is 1. The van der Waals surface area contributed by atoms with Crippen molar-refractivity contribution in [3.05, 3.63) is 0 Å². The summed E-state index contributed by atoms with van der Waals surface area (Å²) in [4.78, 5) is 0. The van der Waals surface area contributed by atoms with Crippen LogP contribution >= 0.6 is 0 Å². The van der Waals surface area contributed by atoms with Crippen molar-refractivity contribution in [1.29, 1.82) is 0 Å². The third-order valence-electron chi connectivity index (χ3n) is 4.97. The zero-order valence-electron chi connectivity index (χ0n) is 12.7. The summed E-state index contributed by atoms with van der Waals surface area (Å²) in [6, 6.07) is 0. The fourth-order valence-electron chi connectivity index (χ4n) is 3.03. The van der Waals surface area contributed by atoms with Crippen LogP contribution in [-0.4, -0.2) is 52.9 Å². The van der Waals surface area contributed by atoms with Gasteiger partial charge in [0.1, 0.15) is 6.67 Å². The highest BCUT2D eigenvalue weighted by Crippen LogP contribution is 2.70. The highest BCUT2D eigenvalue weighted by atomic mass is 19.4. The molecule has 0 aromatic carbocycles. The lowest BCUT2D eigenvalue weighted by Gasteiger charge is -2.58. The van der Waals surface area contributed by atoms with Crippen LogP contribution in [-0.2, 0) is 0 Å². The molecule has 26 heavy (non-hydrogen) atoms. The summed E-state index contributed by atoms with van der Waals surface area (Å²) < 4.78 is 175. The van der Waals surface area contributed by atoms with Crippen LogP contribution in [0.1, 0.15) is 13.8 Å². The van der Waals surface area contributed by atoms with Crippen LogP contribution in [0, 0.1) is 11.8 Å². The van der Waals surface area contributed by atoms with Gasteiger partial charge in [-0.15, -0.1) is 0 Å². The van der Waals surface area contributed by atoms with Crippen molar-refractivity contribution in [3.63, 3.8) is 0 Å². The van der Waals surface area contributed by atoms with Gasteiger partial charge in [0.15, 0.2) is 0 Å². The lowest BCUT2D eigenvalue weighted by molar-refractivity contribution is -0.479. The Hall–Kier alpha value is -0.950. The predicted molar refractivity (Wildman–Crippen MR) is 58.9 cm³/mol. The lowest BCUT2D eigenvalue weighted by Crippen LogP contribution is -2.87. The van der Waals surface area contributed by atoms with Gasteiger partial charge in [-0.1, -0.05) is 13.8 Å². The van der Waals surface area contributed by atoms with E-state index in [0.717, 1.165) is 0 Å². The Morgan fingerprint density at radius 1 is 0.769 bits per heavy atom. The van der Waals surface area contributed by atoms with Gasteiger partial charge in [0.05, 0.1) is 0 Å². The third kappa shape index (κ3) is 2.16. The SMILES string of the molecule is CC1C(C)C(F)(CF)C(F)(F)C(F)(C(O)(C(F)(F)F)C(F)(F)F)C1(F)F. The lowest BCUT2D eigenvalue weighted by atomic mass is 9.56. The third-order valence-corrected chi connectivity index (χ3v) is 4.97. The molecule has 4 atom stereocenters. The van der Waals surface area contributed by atoms with Crippen molar-refractivity contribution >= 4 is 0 Å². The second-order valence-electron chi connectivity index (χ2n) is 6.14. The van der Waals surface area contributed by atoms with Crippen molar-refractivity contribution in [3.8, 4) is 0 Å². The predicted octanol–water partition coefficient (Wildman–Crippen LogP) is 4.78. The zero-order chi connectivity index (χ0) is 21.4. The van der Waals surface area contributed by atoms with Crippen molar-refractivity contribution in [2.24, 2.45) is 11.8 Å². The van der Waals surface area contributed by atoms with Crippen LogP contribution in [0.15, 0.2) is 0 Å². The molecule has 156 valence electrons. The average Bonchev–Trinajstić information content (AvgIpc) is 2.46. The maximum Gasteiger partial charge on any atom is 0.430 e. The van der Waals surface area contributed by atoms with Gasteiger partial charge < -0.3 is 5.11 Å². The molecule has 0 spiro atoms. The molecule has 0 amide bonds. The molecule has 0 aliphatic heterocycles. The van der Waals surface area contributed by atoms with Crippen molar-refractivity contribution in [2.45, 2.75) is 55.0 Å². The molecule has 1 saturated carbocycles. The summed E-state index contributed by atoms with van der Waals surface area (Å²) in [5.41, 5.74) is -19.9. The number of halogens is 13. The zero-order valence-corrected chi connectivity index (χ0v) is 12.7. The van der Waals surface area contributed by atoms with E-state index in [-0.39, 0.29) is 13.8 Å². The van der Waals surface area contributed by atoms with Crippen LogP contribution in [0.2, 0.25) is 0 Å². The van der Waals surface area contributed by atoms with E-state index in [1.165, 1.54) is 0 Å². The molecule has 0 bridgehead atoms. The van der Waals surface area contributed by atoms with E-state index in [1.54, 1.807) is 0 Å². The highest BCUT2D eigenvalue weighted by Gasteiger charge is 2.98. The molecule has 14 heteroatoms. The minimum absolute atomic E-state index is 0.0363. The molecule has 1 N–H and O–H groups in total. The van der Waals surface area contributed by atoms with Gasteiger partial charge in [0.2, 0.25) is 5.67 Å². The topological polar surface area (TPSA) is 20.2 Å². The molecule has 1 rings (SSSR count). The molecule has 1 aliphatic rings. The van der Waals surface area contributed by atoms with Crippen LogP contribution in [0.25, 0.3) is 0 Å². The quantitative estimate of drug-likeness (QED) is 0.640. The van der Waals surface area contributed by atoms with E-state index in [4.69, 9.17) is 5.11 Å². The Kier molecular flexibility index (Phi) is 4.91. The van der Waals surface area contributed by atoms with Gasteiger partial charge in [-0.2, -0.15) is 35.1 Å². The molecule has 0 saturated heterocycles. The first-order valence-corrected chi connectivity index (χ1v) is 6.68. The van der Waals surface area contributed by atoms with E-state index in [0.29, 0.717) is 0 Å². The summed E-state index contributed by atoms with van der Waals surface area (Å²) in [6.07, 6.45) is -15.0. The Bertz CT molecular complexity index is 538. The normalized spacial score (nSPS) is 38.3. The molecule has 0 heterocycles. The van der Waals surface area contributed by atoms with Gasteiger partial charge in [-0.25, -0.2) is 22.0 Å². The first-order valence-electron chi connectivity index (χ1n) is 6.68. The maximum atomic E-state index is 14.7. The Labute approximate surface area is 137 Å². The maximum absolute atomic E-state index is 14.7. The average molecular weight is 418 g/mol. The minimum atomic E-state index is -7.48. The van der Waals surface area contributed by atoms with Crippen LogP contribution in [0.3, 0.4) is 0 Å². The van der Waals surface area contributed by atoms with Crippen LogP contribution < -0.4 is 0 Å². The summed E-state index contributed by atoms with van der Waals surface area (Å²) in [7, 11) is 0. The van der Waals surface area contributed by atoms with E-state index in [9.17, 15) is 57.1 Å². The van der Waals surface area contributed by atoms with Crippen molar-refractivity contribution in [2.75, 3.05) is 6.67 Å². The van der Waals surface area contributed by atoms with Gasteiger partial charge in [0.25, 0.3) is 11.6 Å². The van der Waals surface area contributed by atoms with Gasteiger partial charge >= 0.3 is 23.9 Å². The smallest absolute Gasteiger partial charge is 0.371 e. The second kappa shape index (κ2) is 5.53. The first-order chi connectivity index (χ1) is 11.1. The monoisotopic (exact) mass is 418 g/mol.